The van der Waals surface area contributed by atoms with Gasteiger partial charge >= 0.3 is 0 Å². The van der Waals surface area contributed by atoms with Crippen LogP contribution in [0.25, 0.3) is 0 Å². The number of methoxy groups -OCH3 is 1. The third-order valence-electron chi connectivity index (χ3n) is 5.58. The van der Waals surface area contributed by atoms with E-state index in [0.717, 1.165) is 29.3 Å². The molecule has 0 bridgehead atoms. The molecule has 162 valence electrons. The summed E-state index contributed by atoms with van der Waals surface area (Å²) in [7, 11) is 3.28. The number of pyridine rings is 1. The van der Waals surface area contributed by atoms with E-state index in [4.69, 9.17) is 9.47 Å². The summed E-state index contributed by atoms with van der Waals surface area (Å²) >= 11 is 0. The summed E-state index contributed by atoms with van der Waals surface area (Å²) in [5.41, 5.74) is 2.37. The van der Waals surface area contributed by atoms with E-state index in [1.165, 1.54) is 10.6 Å². The quantitative estimate of drug-likeness (QED) is 0.631. The van der Waals surface area contributed by atoms with Crippen LogP contribution in [0.2, 0.25) is 0 Å². The predicted octanol–water partition coefficient (Wildman–Crippen LogP) is 2.37. The van der Waals surface area contributed by atoms with Crippen molar-refractivity contribution in [3.63, 3.8) is 0 Å². The number of aryl methyl sites for hydroxylation is 1. The van der Waals surface area contributed by atoms with Crippen LogP contribution in [0.15, 0.2) is 53.5 Å². The van der Waals surface area contributed by atoms with Crippen molar-refractivity contribution in [2.24, 2.45) is 7.05 Å². The number of nitrogens with zero attached hydrogens (tertiary/aromatic N) is 3. The van der Waals surface area contributed by atoms with Crippen LogP contribution in [-0.4, -0.2) is 52.4 Å². The summed E-state index contributed by atoms with van der Waals surface area (Å²) < 4.78 is 12.3. The van der Waals surface area contributed by atoms with Gasteiger partial charge in [-0.15, -0.1) is 0 Å². The van der Waals surface area contributed by atoms with E-state index < -0.39 is 0 Å². The van der Waals surface area contributed by atoms with E-state index in [0.29, 0.717) is 31.7 Å². The number of hydrogen-bond donors (Lipinski definition) is 1. The molecule has 4 rings (SSSR count). The summed E-state index contributed by atoms with van der Waals surface area (Å²) in [5, 5.41) is 7.54. The smallest absolute Gasteiger partial charge is 0.255 e. The Hall–Kier alpha value is -3.55. The van der Waals surface area contributed by atoms with Gasteiger partial charge in [0, 0.05) is 50.4 Å². The molecule has 1 saturated heterocycles. The molecule has 3 heterocycles. The topological polar surface area (TPSA) is 89.4 Å². The zero-order valence-corrected chi connectivity index (χ0v) is 17.7. The number of aromatic amines is 1. The fourth-order valence-corrected chi connectivity index (χ4v) is 3.76. The van der Waals surface area contributed by atoms with E-state index in [-0.39, 0.29) is 17.4 Å². The van der Waals surface area contributed by atoms with Crippen LogP contribution < -0.4 is 15.0 Å². The third kappa shape index (κ3) is 4.79. The van der Waals surface area contributed by atoms with Crippen LogP contribution in [0.1, 0.15) is 34.1 Å². The monoisotopic (exact) mass is 422 g/mol. The van der Waals surface area contributed by atoms with Gasteiger partial charge in [-0.2, -0.15) is 5.10 Å². The van der Waals surface area contributed by atoms with Gasteiger partial charge in [0.1, 0.15) is 11.5 Å². The Morgan fingerprint density at radius 1 is 1.19 bits per heavy atom. The minimum atomic E-state index is -0.129. The molecule has 2 aromatic heterocycles. The van der Waals surface area contributed by atoms with E-state index in [2.05, 4.69) is 16.3 Å². The number of ether oxygens (including phenoxy) is 2. The molecule has 3 aromatic rings. The third-order valence-corrected chi connectivity index (χ3v) is 5.58. The Balaban J connectivity index is 1.30. The molecular formula is C23H26N4O4. The van der Waals surface area contributed by atoms with Crippen LogP contribution in [0, 0.1) is 0 Å². The summed E-state index contributed by atoms with van der Waals surface area (Å²) in [6.45, 7) is 1.83. The fraction of sp³-hybridized carbons (Fsp3) is 0.348. The molecule has 0 aliphatic carbocycles. The number of carbonyl (C=O) groups excluding carboxylic acids is 1. The molecule has 8 heteroatoms. The van der Waals surface area contributed by atoms with Gasteiger partial charge in [0.25, 0.3) is 5.91 Å². The van der Waals surface area contributed by atoms with Crippen molar-refractivity contribution in [2.75, 3.05) is 26.8 Å². The number of benzene rings is 1. The molecule has 0 saturated carbocycles. The molecular weight excluding hydrogens is 396 g/mol. The van der Waals surface area contributed by atoms with E-state index >= 15 is 0 Å². The largest absolute Gasteiger partial charge is 0.497 e. The molecule has 1 N–H and O–H groups in total. The minimum absolute atomic E-state index is 0.0539. The average molecular weight is 422 g/mol. The second kappa shape index (κ2) is 9.07. The molecule has 1 fully saturated rings. The van der Waals surface area contributed by atoms with Crippen molar-refractivity contribution in [1.82, 2.24) is 19.7 Å². The van der Waals surface area contributed by atoms with Crippen molar-refractivity contribution in [3.8, 4) is 11.5 Å². The maximum Gasteiger partial charge on any atom is 0.255 e. The Bertz CT molecular complexity index is 1100. The number of aromatic nitrogens is 3. The van der Waals surface area contributed by atoms with Gasteiger partial charge in [0.05, 0.1) is 25.0 Å². The molecule has 8 nitrogen and oxygen atoms in total. The minimum Gasteiger partial charge on any atom is -0.497 e. The Morgan fingerprint density at radius 3 is 2.71 bits per heavy atom. The van der Waals surface area contributed by atoms with Gasteiger partial charge in [-0.25, -0.2) is 0 Å². The van der Waals surface area contributed by atoms with Gasteiger partial charge in [0.2, 0.25) is 5.56 Å². The molecule has 0 spiro atoms. The lowest BCUT2D eigenvalue weighted by Gasteiger charge is -2.16. The Labute approximate surface area is 180 Å². The van der Waals surface area contributed by atoms with E-state index in [1.807, 2.05) is 29.2 Å². The lowest BCUT2D eigenvalue weighted by Crippen LogP contribution is -2.29. The zero-order chi connectivity index (χ0) is 21.8. The standard InChI is InChI=1S/C23H26N4O4/c1-26-14-17(3-8-22(26)28)23(29)27-11-9-16(15-27)21-13-18(24-25-21)10-12-31-20-6-4-19(30-2)5-7-20/h3-8,13-14,16H,9-12,15H2,1-2H3,(H,24,25)/t16-/m0/s1. The number of nitrogens with one attached hydrogen (secondary N) is 1. The molecule has 1 aromatic carbocycles. The van der Waals surface area contributed by atoms with Gasteiger partial charge in [-0.05, 0) is 42.8 Å². The van der Waals surface area contributed by atoms with Crippen molar-refractivity contribution in [2.45, 2.75) is 18.8 Å². The molecule has 0 unspecified atom stereocenters. The summed E-state index contributed by atoms with van der Waals surface area (Å²) in [6.07, 6.45) is 3.17. The Kier molecular flexibility index (Phi) is 6.06. The van der Waals surface area contributed by atoms with E-state index in [9.17, 15) is 9.59 Å². The number of carbonyl (C=O) groups is 1. The highest BCUT2D eigenvalue weighted by atomic mass is 16.5. The number of H-pyrrole nitrogens is 1. The maximum absolute atomic E-state index is 12.8. The molecule has 31 heavy (non-hydrogen) atoms. The van der Waals surface area contributed by atoms with Crippen molar-refractivity contribution >= 4 is 5.91 Å². The lowest BCUT2D eigenvalue weighted by atomic mass is 10.0. The SMILES string of the molecule is COc1ccc(OCCc2cc([C@H]3CCN(C(=O)c4ccc(=O)n(C)c4)C3)n[nH]2)cc1. The van der Waals surface area contributed by atoms with Gasteiger partial charge in [-0.3, -0.25) is 14.7 Å². The van der Waals surface area contributed by atoms with Gasteiger partial charge in [-0.1, -0.05) is 0 Å². The number of rotatable bonds is 7. The molecule has 1 aliphatic rings. The first-order chi connectivity index (χ1) is 15.0. The van der Waals surface area contributed by atoms with E-state index in [1.54, 1.807) is 26.4 Å². The van der Waals surface area contributed by atoms with Crippen molar-refractivity contribution < 1.29 is 14.3 Å². The first-order valence-electron chi connectivity index (χ1n) is 10.3. The van der Waals surface area contributed by atoms with Crippen molar-refractivity contribution in [1.29, 1.82) is 0 Å². The first-order valence-corrected chi connectivity index (χ1v) is 10.3. The highest BCUT2D eigenvalue weighted by molar-refractivity contribution is 5.94. The molecule has 1 atom stereocenters. The molecule has 0 radical (unpaired) electrons. The van der Waals surface area contributed by atoms with Gasteiger partial charge in [0.15, 0.2) is 0 Å². The summed E-state index contributed by atoms with van der Waals surface area (Å²) in [4.78, 5) is 26.1. The Morgan fingerprint density at radius 2 is 1.97 bits per heavy atom. The van der Waals surface area contributed by atoms with Gasteiger partial charge < -0.3 is 18.9 Å². The second-order valence-corrected chi connectivity index (χ2v) is 7.70. The zero-order valence-electron chi connectivity index (χ0n) is 17.7. The maximum atomic E-state index is 12.8. The fourth-order valence-electron chi connectivity index (χ4n) is 3.76. The highest BCUT2D eigenvalue weighted by Crippen LogP contribution is 2.27. The average Bonchev–Trinajstić information content (AvgIpc) is 3.45. The van der Waals surface area contributed by atoms with Crippen LogP contribution in [-0.2, 0) is 13.5 Å². The first kappa shape index (κ1) is 20.7. The lowest BCUT2D eigenvalue weighted by molar-refractivity contribution is 0.0789. The molecule has 1 amide bonds. The summed E-state index contributed by atoms with van der Waals surface area (Å²) in [6, 6.07) is 12.6. The predicted molar refractivity (Wildman–Crippen MR) is 116 cm³/mol. The number of hydrogen-bond acceptors (Lipinski definition) is 5. The van der Waals surface area contributed by atoms with Crippen LogP contribution in [0.3, 0.4) is 0 Å². The van der Waals surface area contributed by atoms with Crippen LogP contribution in [0.5, 0.6) is 11.5 Å². The normalized spacial score (nSPS) is 15.8. The number of amides is 1. The van der Waals surface area contributed by atoms with Crippen LogP contribution >= 0.6 is 0 Å². The second-order valence-electron chi connectivity index (χ2n) is 7.70. The van der Waals surface area contributed by atoms with Crippen LogP contribution in [0.4, 0.5) is 0 Å². The summed E-state index contributed by atoms with van der Waals surface area (Å²) in [5.74, 6) is 1.74. The number of likely N-dealkylation sites (tertiary alicyclic amines) is 1. The highest BCUT2D eigenvalue weighted by Gasteiger charge is 2.29. The van der Waals surface area contributed by atoms with Crippen molar-refractivity contribution in [3.05, 3.63) is 76.0 Å². The molecule has 1 aliphatic heterocycles.